The van der Waals surface area contributed by atoms with Gasteiger partial charge in [-0.2, -0.15) is 0 Å². The lowest BCUT2D eigenvalue weighted by Crippen LogP contribution is -2.41. The average Bonchev–Trinajstić information content (AvgIpc) is 2.28. The molecule has 12 heavy (non-hydrogen) atoms. The molecule has 0 aromatic carbocycles. The number of carbonyl (C=O) groups excluding carboxylic acids is 1. The first-order valence-electron chi connectivity index (χ1n) is 4.76. The standard InChI is InChI=1S/C10H16O2/c1-9-5-3-4-6-10(9,2)8(11)12-7-9/h3-7H2,1-2H3/t9-,10+/m1/s1. The first-order chi connectivity index (χ1) is 5.58. The van der Waals surface area contributed by atoms with Crippen molar-refractivity contribution in [3.05, 3.63) is 0 Å². The number of cyclic esters (lactones) is 1. The van der Waals surface area contributed by atoms with Crippen LogP contribution in [-0.2, 0) is 9.53 Å². The summed E-state index contributed by atoms with van der Waals surface area (Å²) in [6, 6.07) is 0. The van der Waals surface area contributed by atoms with Crippen molar-refractivity contribution in [1.29, 1.82) is 0 Å². The summed E-state index contributed by atoms with van der Waals surface area (Å²) in [5.74, 6) is 0.0321. The van der Waals surface area contributed by atoms with Crippen LogP contribution in [0.25, 0.3) is 0 Å². The van der Waals surface area contributed by atoms with E-state index in [1.165, 1.54) is 12.8 Å². The van der Waals surface area contributed by atoms with Gasteiger partial charge in [-0.25, -0.2) is 0 Å². The van der Waals surface area contributed by atoms with Gasteiger partial charge < -0.3 is 4.74 Å². The van der Waals surface area contributed by atoms with Gasteiger partial charge in [0.15, 0.2) is 0 Å². The highest BCUT2D eigenvalue weighted by atomic mass is 16.5. The van der Waals surface area contributed by atoms with E-state index in [0.29, 0.717) is 6.61 Å². The Bertz CT molecular complexity index is 224. The predicted molar refractivity (Wildman–Crippen MR) is 45.6 cm³/mol. The number of rotatable bonds is 0. The Morgan fingerprint density at radius 1 is 1.25 bits per heavy atom. The predicted octanol–water partition coefficient (Wildman–Crippen LogP) is 2.13. The fourth-order valence-electron chi connectivity index (χ4n) is 2.54. The molecule has 2 atom stereocenters. The Hall–Kier alpha value is -0.530. The van der Waals surface area contributed by atoms with E-state index in [1.807, 2.05) is 0 Å². The first-order valence-corrected chi connectivity index (χ1v) is 4.76. The lowest BCUT2D eigenvalue weighted by Gasteiger charge is -2.40. The Morgan fingerprint density at radius 2 is 1.92 bits per heavy atom. The van der Waals surface area contributed by atoms with Gasteiger partial charge in [-0.05, 0) is 19.8 Å². The van der Waals surface area contributed by atoms with E-state index in [9.17, 15) is 4.79 Å². The number of esters is 1. The highest BCUT2D eigenvalue weighted by Gasteiger charge is 2.57. The number of fused-ring (bicyclic) bond motifs is 1. The maximum atomic E-state index is 11.5. The number of hydrogen-bond donors (Lipinski definition) is 0. The summed E-state index contributed by atoms with van der Waals surface area (Å²) in [6.45, 7) is 4.90. The first kappa shape index (κ1) is 8.09. The van der Waals surface area contributed by atoms with Crippen molar-refractivity contribution in [2.45, 2.75) is 39.5 Å². The summed E-state index contributed by atoms with van der Waals surface area (Å²) in [5, 5.41) is 0. The van der Waals surface area contributed by atoms with Gasteiger partial charge in [-0.1, -0.05) is 19.8 Å². The van der Waals surface area contributed by atoms with E-state index >= 15 is 0 Å². The van der Waals surface area contributed by atoms with Crippen LogP contribution in [0.3, 0.4) is 0 Å². The molecule has 0 bridgehead atoms. The molecular weight excluding hydrogens is 152 g/mol. The monoisotopic (exact) mass is 168 g/mol. The molecule has 0 N–H and O–H groups in total. The van der Waals surface area contributed by atoms with Gasteiger partial charge in [0.25, 0.3) is 0 Å². The lowest BCUT2D eigenvalue weighted by molar-refractivity contribution is -0.147. The minimum atomic E-state index is -0.175. The fraction of sp³-hybridized carbons (Fsp3) is 0.900. The second-order valence-electron chi connectivity index (χ2n) is 4.68. The van der Waals surface area contributed by atoms with E-state index in [4.69, 9.17) is 4.74 Å². The van der Waals surface area contributed by atoms with Crippen LogP contribution in [-0.4, -0.2) is 12.6 Å². The largest absolute Gasteiger partial charge is 0.465 e. The topological polar surface area (TPSA) is 26.3 Å². The van der Waals surface area contributed by atoms with Crippen molar-refractivity contribution >= 4 is 5.97 Å². The molecule has 0 amide bonds. The summed E-state index contributed by atoms with van der Waals surface area (Å²) >= 11 is 0. The van der Waals surface area contributed by atoms with Gasteiger partial charge in [-0.15, -0.1) is 0 Å². The van der Waals surface area contributed by atoms with Crippen LogP contribution >= 0.6 is 0 Å². The van der Waals surface area contributed by atoms with Crippen molar-refractivity contribution in [2.75, 3.05) is 6.61 Å². The van der Waals surface area contributed by atoms with Crippen molar-refractivity contribution in [3.63, 3.8) is 0 Å². The summed E-state index contributed by atoms with van der Waals surface area (Å²) in [7, 11) is 0. The molecule has 0 aromatic rings. The van der Waals surface area contributed by atoms with E-state index in [1.54, 1.807) is 0 Å². The molecule has 2 aliphatic rings. The van der Waals surface area contributed by atoms with Crippen LogP contribution in [0.5, 0.6) is 0 Å². The van der Waals surface area contributed by atoms with Crippen LogP contribution < -0.4 is 0 Å². The van der Waals surface area contributed by atoms with Crippen molar-refractivity contribution < 1.29 is 9.53 Å². The molecule has 0 unspecified atom stereocenters. The van der Waals surface area contributed by atoms with Crippen molar-refractivity contribution in [1.82, 2.24) is 0 Å². The maximum Gasteiger partial charge on any atom is 0.312 e. The van der Waals surface area contributed by atoms with E-state index in [0.717, 1.165) is 12.8 Å². The average molecular weight is 168 g/mol. The van der Waals surface area contributed by atoms with Gasteiger partial charge in [-0.3, -0.25) is 4.79 Å². The zero-order valence-electron chi connectivity index (χ0n) is 7.85. The Kier molecular flexibility index (Phi) is 1.51. The number of ether oxygens (including phenoxy) is 1. The highest BCUT2D eigenvalue weighted by Crippen LogP contribution is 2.54. The van der Waals surface area contributed by atoms with E-state index in [-0.39, 0.29) is 16.8 Å². The number of hydrogen-bond acceptors (Lipinski definition) is 2. The van der Waals surface area contributed by atoms with Crippen LogP contribution in [0.4, 0.5) is 0 Å². The fourth-order valence-corrected chi connectivity index (χ4v) is 2.54. The summed E-state index contributed by atoms with van der Waals surface area (Å²) in [6.07, 6.45) is 4.60. The second kappa shape index (κ2) is 2.24. The molecule has 0 spiro atoms. The van der Waals surface area contributed by atoms with Gasteiger partial charge in [0.1, 0.15) is 0 Å². The smallest absolute Gasteiger partial charge is 0.312 e. The summed E-state index contributed by atoms with van der Waals surface area (Å²) in [5.41, 5.74) is -0.0480. The highest BCUT2D eigenvalue weighted by molar-refractivity contribution is 5.79. The van der Waals surface area contributed by atoms with Gasteiger partial charge in [0.2, 0.25) is 0 Å². The van der Waals surface area contributed by atoms with Gasteiger partial charge in [0.05, 0.1) is 12.0 Å². The lowest BCUT2D eigenvalue weighted by atomic mass is 9.59. The Labute approximate surface area is 73.3 Å². The molecule has 2 rings (SSSR count). The third-order valence-electron chi connectivity index (χ3n) is 3.96. The molecular formula is C10H16O2. The third kappa shape index (κ3) is 0.782. The zero-order chi connectivity index (χ0) is 8.82. The molecule has 68 valence electrons. The third-order valence-corrected chi connectivity index (χ3v) is 3.96. The Balaban J connectivity index is 2.35. The molecule has 2 nitrogen and oxygen atoms in total. The molecule has 1 heterocycles. The van der Waals surface area contributed by atoms with Crippen molar-refractivity contribution in [2.24, 2.45) is 10.8 Å². The van der Waals surface area contributed by atoms with Crippen LogP contribution in [0.1, 0.15) is 39.5 Å². The molecule has 1 aliphatic carbocycles. The van der Waals surface area contributed by atoms with Gasteiger partial charge in [0, 0.05) is 5.41 Å². The normalized spacial score (nSPS) is 47.0. The van der Waals surface area contributed by atoms with Crippen LogP contribution in [0.2, 0.25) is 0 Å². The van der Waals surface area contributed by atoms with Crippen molar-refractivity contribution in [3.8, 4) is 0 Å². The van der Waals surface area contributed by atoms with E-state index in [2.05, 4.69) is 13.8 Å². The molecule has 0 radical (unpaired) electrons. The maximum absolute atomic E-state index is 11.5. The number of carbonyl (C=O) groups is 1. The molecule has 2 heteroatoms. The summed E-state index contributed by atoms with van der Waals surface area (Å²) < 4.78 is 5.17. The van der Waals surface area contributed by atoms with Crippen LogP contribution in [0.15, 0.2) is 0 Å². The molecule has 2 fully saturated rings. The Morgan fingerprint density at radius 3 is 2.58 bits per heavy atom. The second-order valence-corrected chi connectivity index (χ2v) is 4.68. The molecule has 1 saturated heterocycles. The van der Waals surface area contributed by atoms with E-state index < -0.39 is 0 Å². The minimum absolute atomic E-state index is 0.0321. The van der Waals surface area contributed by atoms with Crippen LogP contribution in [0, 0.1) is 10.8 Å². The summed E-state index contributed by atoms with van der Waals surface area (Å²) in [4.78, 5) is 11.5. The SMILES string of the molecule is C[C@]12CCCC[C@@]1(C)C(=O)OC2. The van der Waals surface area contributed by atoms with Gasteiger partial charge >= 0.3 is 5.97 Å². The minimum Gasteiger partial charge on any atom is -0.465 e. The molecule has 1 saturated carbocycles. The molecule has 0 aromatic heterocycles. The zero-order valence-corrected chi connectivity index (χ0v) is 7.85. The molecule has 1 aliphatic heterocycles. The quantitative estimate of drug-likeness (QED) is 0.518.